The van der Waals surface area contributed by atoms with Crippen LogP contribution in [-0.4, -0.2) is 67.6 Å². The van der Waals surface area contributed by atoms with Gasteiger partial charge in [0, 0.05) is 43.5 Å². The molecule has 0 saturated carbocycles. The van der Waals surface area contributed by atoms with Crippen molar-refractivity contribution in [3.63, 3.8) is 0 Å². The molecule has 1 fully saturated rings. The van der Waals surface area contributed by atoms with Gasteiger partial charge in [0.1, 0.15) is 5.75 Å². The highest BCUT2D eigenvalue weighted by molar-refractivity contribution is 6.04. The highest BCUT2D eigenvalue weighted by atomic mass is 16.5. The highest BCUT2D eigenvalue weighted by Crippen LogP contribution is 2.29. The largest absolute Gasteiger partial charge is 0.497 e. The van der Waals surface area contributed by atoms with Gasteiger partial charge in [0.05, 0.1) is 7.11 Å². The first-order chi connectivity index (χ1) is 18.0. The summed E-state index contributed by atoms with van der Waals surface area (Å²) < 4.78 is 5.19. The summed E-state index contributed by atoms with van der Waals surface area (Å²) in [5.74, 6) is 1.26. The first kappa shape index (κ1) is 27.0. The molecule has 0 spiro atoms. The fraction of sp³-hybridized carbons (Fsp3) is 0.533. The molecule has 200 valence electrons. The summed E-state index contributed by atoms with van der Waals surface area (Å²) in [4.78, 5) is 29.6. The van der Waals surface area contributed by atoms with Gasteiger partial charge >= 0.3 is 6.03 Å². The van der Waals surface area contributed by atoms with Gasteiger partial charge in [0.15, 0.2) is 0 Å². The average Bonchev–Trinajstić information content (AvgIpc) is 2.94. The van der Waals surface area contributed by atoms with Gasteiger partial charge in [0.2, 0.25) is 0 Å². The number of nitrogens with one attached hydrogen (secondary N) is 2. The van der Waals surface area contributed by atoms with Crippen LogP contribution >= 0.6 is 0 Å². The fourth-order valence-corrected chi connectivity index (χ4v) is 5.60. The SMILES string of the molecule is CCCNC(=O)N1CCC(CN(CC)C2CCc3ccc(NC(=O)c4ccc(OC)cc4)cc3C2)CC1. The van der Waals surface area contributed by atoms with Crippen LogP contribution in [0.25, 0.3) is 0 Å². The molecule has 2 N–H and O–H groups in total. The molecule has 37 heavy (non-hydrogen) atoms. The lowest BCUT2D eigenvalue weighted by molar-refractivity contribution is 0.102. The lowest BCUT2D eigenvalue weighted by Crippen LogP contribution is -2.47. The van der Waals surface area contributed by atoms with E-state index in [1.54, 1.807) is 31.4 Å². The van der Waals surface area contributed by atoms with E-state index >= 15 is 0 Å². The molecule has 2 aliphatic rings. The Labute approximate surface area is 221 Å². The number of rotatable bonds is 9. The molecule has 1 aliphatic heterocycles. The van der Waals surface area contributed by atoms with Crippen LogP contribution in [-0.2, 0) is 12.8 Å². The van der Waals surface area contributed by atoms with Gasteiger partial charge < -0.3 is 25.2 Å². The fourth-order valence-electron chi connectivity index (χ4n) is 5.60. The second kappa shape index (κ2) is 13.0. The minimum atomic E-state index is -0.111. The number of fused-ring (bicyclic) bond motifs is 1. The number of urea groups is 1. The molecule has 1 aliphatic carbocycles. The van der Waals surface area contributed by atoms with Crippen molar-refractivity contribution in [1.82, 2.24) is 15.1 Å². The first-order valence-corrected chi connectivity index (χ1v) is 13.8. The van der Waals surface area contributed by atoms with Crippen molar-refractivity contribution < 1.29 is 14.3 Å². The molecule has 0 aromatic heterocycles. The van der Waals surface area contributed by atoms with Gasteiger partial charge in [-0.3, -0.25) is 4.79 Å². The molecule has 1 saturated heterocycles. The lowest BCUT2D eigenvalue weighted by Gasteiger charge is -2.39. The Morgan fingerprint density at radius 3 is 2.46 bits per heavy atom. The number of likely N-dealkylation sites (tertiary alicyclic amines) is 1. The predicted molar refractivity (Wildman–Crippen MR) is 148 cm³/mol. The Balaban J connectivity index is 1.32. The molecule has 1 heterocycles. The third-order valence-electron chi connectivity index (χ3n) is 7.86. The molecule has 2 aromatic carbocycles. The number of aryl methyl sites for hydroxylation is 1. The van der Waals surface area contributed by atoms with E-state index in [2.05, 4.69) is 41.5 Å². The number of anilines is 1. The third-order valence-corrected chi connectivity index (χ3v) is 7.86. The summed E-state index contributed by atoms with van der Waals surface area (Å²) in [6, 6.07) is 14.1. The zero-order valence-electron chi connectivity index (χ0n) is 22.6. The molecule has 0 bridgehead atoms. The van der Waals surface area contributed by atoms with Crippen molar-refractivity contribution in [2.45, 2.75) is 58.4 Å². The van der Waals surface area contributed by atoms with E-state index in [0.29, 0.717) is 17.5 Å². The van der Waals surface area contributed by atoms with Gasteiger partial charge in [-0.2, -0.15) is 0 Å². The van der Waals surface area contributed by atoms with Crippen molar-refractivity contribution in [2.24, 2.45) is 5.92 Å². The number of likely N-dealkylation sites (N-methyl/N-ethyl adjacent to an activating group) is 1. The maximum absolute atomic E-state index is 12.8. The second-order valence-corrected chi connectivity index (χ2v) is 10.3. The van der Waals surface area contributed by atoms with Crippen molar-refractivity contribution in [3.8, 4) is 5.75 Å². The van der Waals surface area contributed by atoms with Crippen LogP contribution in [0.1, 0.15) is 61.0 Å². The maximum atomic E-state index is 12.8. The predicted octanol–water partition coefficient (Wildman–Crippen LogP) is 4.96. The minimum absolute atomic E-state index is 0.0893. The summed E-state index contributed by atoms with van der Waals surface area (Å²) in [5.41, 5.74) is 4.19. The molecule has 7 heteroatoms. The minimum Gasteiger partial charge on any atom is -0.497 e. The van der Waals surface area contributed by atoms with Gasteiger partial charge in [-0.1, -0.05) is 19.9 Å². The molecule has 2 aromatic rings. The number of methoxy groups -OCH3 is 1. The number of benzene rings is 2. The average molecular weight is 507 g/mol. The van der Waals surface area contributed by atoms with Crippen LogP contribution in [0.5, 0.6) is 5.75 Å². The van der Waals surface area contributed by atoms with E-state index in [0.717, 1.165) is 82.7 Å². The summed E-state index contributed by atoms with van der Waals surface area (Å²) >= 11 is 0. The Kier molecular flexibility index (Phi) is 9.45. The van der Waals surface area contributed by atoms with Crippen LogP contribution in [0.2, 0.25) is 0 Å². The molecule has 1 atom stereocenters. The Morgan fingerprint density at radius 1 is 1.03 bits per heavy atom. The second-order valence-electron chi connectivity index (χ2n) is 10.3. The smallest absolute Gasteiger partial charge is 0.317 e. The monoisotopic (exact) mass is 506 g/mol. The summed E-state index contributed by atoms with van der Waals surface area (Å²) in [6.45, 7) is 8.91. The number of amides is 3. The van der Waals surface area contributed by atoms with Crippen molar-refractivity contribution in [1.29, 1.82) is 0 Å². The third kappa shape index (κ3) is 7.04. The number of ether oxygens (including phenoxy) is 1. The van der Waals surface area contributed by atoms with Gasteiger partial charge in [-0.15, -0.1) is 0 Å². The number of hydrogen-bond acceptors (Lipinski definition) is 4. The number of piperidine rings is 1. The standard InChI is InChI=1S/C30H42N4O3/c1-4-16-31-30(36)34-17-14-22(15-18-34)21-33(5-2)27-11-7-23-6-10-26(19-25(23)20-27)32-29(35)24-8-12-28(37-3)13-9-24/h6,8-10,12-13,19,22,27H,4-5,7,11,14-18,20-21H2,1-3H3,(H,31,36)(H,32,35). The number of carbonyl (C=O) groups is 2. The van der Waals surface area contributed by atoms with Crippen molar-refractivity contribution >= 4 is 17.6 Å². The normalized spacial score (nSPS) is 17.8. The van der Waals surface area contributed by atoms with E-state index in [1.165, 1.54) is 11.1 Å². The Hall–Kier alpha value is -3.06. The van der Waals surface area contributed by atoms with Crippen LogP contribution < -0.4 is 15.4 Å². The van der Waals surface area contributed by atoms with Crippen LogP contribution in [0.15, 0.2) is 42.5 Å². The van der Waals surface area contributed by atoms with Gasteiger partial charge in [-0.05, 0) is 98.5 Å². The molecule has 0 radical (unpaired) electrons. The zero-order valence-corrected chi connectivity index (χ0v) is 22.6. The molecule has 3 amide bonds. The topological polar surface area (TPSA) is 73.9 Å². The highest BCUT2D eigenvalue weighted by Gasteiger charge is 2.28. The number of nitrogens with zero attached hydrogens (tertiary/aromatic N) is 2. The van der Waals surface area contributed by atoms with E-state index in [-0.39, 0.29) is 11.9 Å². The summed E-state index contributed by atoms with van der Waals surface area (Å²) in [7, 11) is 1.62. The summed E-state index contributed by atoms with van der Waals surface area (Å²) in [6.07, 6.45) is 6.35. The van der Waals surface area contributed by atoms with E-state index in [4.69, 9.17) is 4.74 Å². The Morgan fingerprint density at radius 2 is 1.78 bits per heavy atom. The molecule has 1 unspecified atom stereocenters. The van der Waals surface area contributed by atoms with E-state index in [1.807, 2.05) is 11.0 Å². The number of carbonyl (C=O) groups excluding carboxylic acids is 2. The quantitative estimate of drug-likeness (QED) is 0.504. The van der Waals surface area contributed by atoms with Crippen molar-refractivity contribution in [3.05, 3.63) is 59.2 Å². The first-order valence-electron chi connectivity index (χ1n) is 13.8. The van der Waals surface area contributed by atoms with Crippen molar-refractivity contribution in [2.75, 3.05) is 45.2 Å². The molecular formula is C30H42N4O3. The summed E-state index contributed by atoms with van der Waals surface area (Å²) in [5, 5.41) is 6.07. The van der Waals surface area contributed by atoms with E-state index in [9.17, 15) is 9.59 Å². The molecule has 4 rings (SSSR count). The van der Waals surface area contributed by atoms with Crippen LogP contribution in [0.4, 0.5) is 10.5 Å². The number of hydrogen-bond donors (Lipinski definition) is 2. The Bertz CT molecular complexity index is 1050. The zero-order chi connectivity index (χ0) is 26.2. The van der Waals surface area contributed by atoms with E-state index < -0.39 is 0 Å². The lowest BCUT2D eigenvalue weighted by atomic mass is 9.86. The van der Waals surface area contributed by atoms with Gasteiger partial charge in [0.25, 0.3) is 5.91 Å². The maximum Gasteiger partial charge on any atom is 0.317 e. The molecule has 7 nitrogen and oxygen atoms in total. The van der Waals surface area contributed by atoms with Gasteiger partial charge in [-0.25, -0.2) is 4.79 Å². The molecular weight excluding hydrogens is 464 g/mol. The van der Waals surface area contributed by atoms with Crippen LogP contribution in [0.3, 0.4) is 0 Å². The van der Waals surface area contributed by atoms with Crippen LogP contribution in [0, 0.1) is 5.92 Å².